The van der Waals surface area contributed by atoms with E-state index in [9.17, 15) is 13.6 Å². The van der Waals surface area contributed by atoms with E-state index in [2.05, 4.69) is 41.3 Å². The van der Waals surface area contributed by atoms with Crippen LogP contribution in [0.25, 0.3) is 22.2 Å². The van der Waals surface area contributed by atoms with Gasteiger partial charge in [0.25, 0.3) is 0 Å². The summed E-state index contributed by atoms with van der Waals surface area (Å²) in [5, 5.41) is 5.54. The van der Waals surface area contributed by atoms with E-state index < -0.39 is 11.6 Å². The summed E-state index contributed by atoms with van der Waals surface area (Å²) in [5.74, 6) is -1.01. The number of hydrogen-bond donors (Lipinski definition) is 1. The first-order chi connectivity index (χ1) is 17.3. The molecule has 0 radical (unpaired) electrons. The van der Waals surface area contributed by atoms with Crippen LogP contribution >= 0.6 is 0 Å². The van der Waals surface area contributed by atoms with Crippen molar-refractivity contribution in [3.05, 3.63) is 112 Å². The highest BCUT2D eigenvalue weighted by atomic mass is 19.1. The Morgan fingerprint density at radius 2 is 1.69 bits per heavy atom. The molecular weight excluding hydrogens is 456 g/mol. The molecule has 36 heavy (non-hydrogen) atoms. The lowest BCUT2D eigenvalue weighted by Crippen LogP contribution is -1.96. The molecule has 0 fully saturated rings. The number of aromatic amines is 1. The lowest BCUT2D eigenvalue weighted by atomic mass is 9.94. The molecule has 2 heterocycles. The topological polar surface area (TPSA) is 50.7 Å². The Bertz CT molecular complexity index is 1520. The maximum atomic E-state index is 12.4. The fourth-order valence-corrected chi connectivity index (χ4v) is 4.53. The van der Waals surface area contributed by atoms with Gasteiger partial charge in [-0.3, -0.25) is 9.48 Å². The number of aldehydes is 1. The molecule has 5 rings (SSSR count). The summed E-state index contributed by atoms with van der Waals surface area (Å²) < 4.78 is 26.6. The summed E-state index contributed by atoms with van der Waals surface area (Å²) in [6, 6.07) is 15.8. The maximum Gasteiger partial charge on any atom is 0.150 e. The summed E-state index contributed by atoms with van der Waals surface area (Å²) in [7, 11) is 1.93. The van der Waals surface area contributed by atoms with Crippen molar-refractivity contribution in [3.8, 4) is 11.3 Å². The van der Waals surface area contributed by atoms with Crippen LogP contribution in [0.2, 0.25) is 0 Å². The molecule has 0 spiro atoms. The van der Waals surface area contributed by atoms with Crippen LogP contribution in [0.4, 0.5) is 8.78 Å². The molecule has 1 N–H and O–H groups in total. The number of carbonyl (C=O) groups excluding carboxylic acids is 1. The number of halogens is 2. The number of rotatable bonds is 5. The minimum Gasteiger partial charge on any atom is -0.354 e. The van der Waals surface area contributed by atoms with Gasteiger partial charge in [0.1, 0.15) is 17.9 Å². The molecular formula is C30H31F2N3O. The number of nitrogens with one attached hydrogen (secondary N) is 1. The van der Waals surface area contributed by atoms with Gasteiger partial charge in [-0.15, -0.1) is 0 Å². The number of H-pyrrole nitrogens is 1. The molecule has 6 heteroatoms. The van der Waals surface area contributed by atoms with Crippen LogP contribution in [0.1, 0.15) is 46.5 Å². The number of aromatic nitrogens is 3. The van der Waals surface area contributed by atoms with Crippen LogP contribution in [0.15, 0.2) is 67.0 Å². The SMILES string of the molecule is CCc1cc(F)cc(F)c1.Cc1c(C=O)cccc1Cc1cccc2[nH]c(-c3cnn(C)c3)c(C)c12.[HH]. The second-order valence-corrected chi connectivity index (χ2v) is 8.92. The lowest BCUT2D eigenvalue weighted by Gasteiger charge is -2.10. The van der Waals surface area contributed by atoms with E-state index in [0.29, 0.717) is 12.0 Å². The Balaban J connectivity index is 0.000000293. The van der Waals surface area contributed by atoms with Gasteiger partial charge in [-0.05, 0) is 72.7 Å². The Kier molecular flexibility index (Phi) is 7.44. The highest BCUT2D eigenvalue weighted by Gasteiger charge is 2.15. The van der Waals surface area contributed by atoms with Gasteiger partial charge < -0.3 is 4.98 Å². The highest BCUT2D eigenvalue weighted by molar-refractivity contribution is 5.93. The van der Waals surface area contributed by atoms with Gasteiger partial charge in [0.05, 0.1) is 11.9 Å². The number of aryl methyl sites for hydroxylation is 3. The van der Waals surface area contributed by atoms with E-state index in [4.69, 9.17) is 0 Å². The van der Waals surface area contributed by atoms with Gasteiger partial charge in [-0.1, -0.05) is 37.3 Å². The summed E-state index contributed by atoms with van der Waals surface area (Å²) >= 11 is 0. The number of hydrogen-bond acceptors (Lipinski definition) is 2. The Morgan fingerprint density at radius 3 is 2.33 bits per heavy atom. The zero-order chi connectivity index (χ0) is 25.8. The molecule has 0 atom stereocenters. The van der Waals surface area contributed by atoms with Crippen LogP contribution in [0.5, 0.6) is 0 Å². The van der Waals surface area contributed by atoms with E-state index >= 15 is 0 Å². The van der Waals surface area contributed by atoms with Gasteiger partial charge >= 0.3 is 0 Å². The van der Waals surface area contributed by atoms with E-state index in [-0.39, 0.29) is 1.43 Å². The van der Waals surface area contributed by atoms with Gasteiger partial charge in [0, 0.05) is 42.8 Å². The Morgan fingerprint density at radius 1 is 1.00 bits per heavy atom. The molecule has 0 aliphatic heterocycles. The Labute approximate surface area is 211 Å². The zero-order valence-electron chi connectivity index (χ0n) is 20.9. The largest absolute Gasteiger partial charge is 0.354 e. The number of carbonyl (C=O) groups is 1. The predicted octanol–water partition coefficient (Wildman–Crippen LogP) is 7.36. The first-order valence-corrected chi connectivity index (χ1v) is 11.9. The normalized spacial score (nSPS) is 10.8. The average Bonchev–Trinajstić information content (AvgIpc) is 3.43. The number of nitrogens with zero attached hydrogens (tertiary/aromatic N) is 2. The van der Waals surface area contributed by atoms with Crippen LogP contribution in [0, 0.1) is 25.5 Å². The van der Waals surface area contributed by atoms with Crippen molar-refractivity contribution in [3.63, 3.8) is 0 Å². The fourth-order valence-electron chi connectivity index (χ4n) is 4.53. The molecule has 186 valence electrons. The zero-order valence-corrected chi connectivity index (χ0v) is 20.9. The first-order valence-electron chi connectivity index (χ1n) is 11.9. The quantitative estimate of drug-likeness (QED) is 0.263. The van der Waals surface area contributed by atoms with Gasteiger partial charge in [-0.25, -0.2) is 8.78 Å². The molecule has 5 aromatic rings. The van der Waals surface area contributed by atoms with Crippen molar-refractivity contribution in [2.24, 2.45) is 7.05 Å². The van der Waals surface area contributed by atoms with Crippen LogP contribution in [-0.4, -0.2) is 21.1 Å². The molecule has 0 aliphatic carbocycles. The summed E-state index contributed by atoms with van der Waals surface area (Å²) in [6.45, 7) is 6.03. The Hall–Kier alpha value is -4.06. The molecule has 0 bridgehead atoms. The van der Waals surface area contributed by atoms with Gasteiger partial charge in [-0.2, -0.15) is 5.10 Å². The lowest BCUT2D eigenvalue weighted by molar-refractivity contribution is 0.112. The summed E-state index contributed by atoms with van der Waals surface area (Å²) in [6.07, 6.45) is 6.30. The third-order valence-electron chi connectivity index (χ3n) is 6.48. The van der Waals surface area contributed by atoms with Crippen molar-refractivity contribution in [1.29, 1.82) is 0 Å². The molecule has 0 saturated heterocycles. The van der Waals surface area contributed by atoms with Crippen molar-refractivity contribution in [1.82, 2.24) is 14.8 Å². The van der Waals surface area contributed by atoms with Gasteiger partial charge in [0.15, 0.2) is 0 Å². The van der Waals surface area contributed by atoms with E-state index in [1.165, 1.54) is 34.2 Å². The molecule has 0 aliphatic rings. The number of fused-ring (bicyclic) bond motifs is 1. The smallest absolute Gasteiger partial charge is 0.150 e. The van der Waals surface area contributed by atoms with E-state index in [1.807, 2.05) is 50.1 Å². The number of benzene rings is 3. The third kappa shape index (κ3) is 5.28. The standard InChI is InChI=1S/C22H21N3O.C8H8F2.H2/c1-14-16(6-4-8-18(14)13-26)10-17-7-5-9-20-21(17)15(2)22(24-20)19-11-23-25(3)12-19;1-2-6-3-7(9)5-8(10)4-6;/h4-9,11-13,24H,10H2,1-3H3;3-5H,2H2,1H3;1H. The molecule has 0 unspecified atom stereocenters. The van der Waals surface area contributed by atoms with Crippen LogP contribution in [-0.2, 0) is 19.9 Å². The second-order valence-electron chi connectivity index (χ2n) is 8.92. The van der Waals surface area contributed by atoms with Crippen molar-refractivity contribution in [2.45, 2.75) is 33.6 Å². The third-order valence-corrected chi connectivity index (χ3v) is 6.48. The molecule has 4 nitrogen and oxygen atoms in total. The molecule has 3 aromatic carbocycles. The van der Waals surface area contributed by atoms with Crippen molar-refractivity contribution >= 4 is 17.2 Å². The fraction of sp³-hybridized carbons (Fsp3) is 0.200. The summed E-state index contributed by atoms with van der Waals surface area (Å²) in [5.41, 5.74) is 9.51. The first kappa shape index (κ1) is 25.0. The average molecular weight is 488 g/mol. The molecule has 0 saturated carbocycles. The second kappa shape index (κ2) is 10.7. The van der Waals surface area contributed by atoms with Crippen molar-refractivity contribution in [2.75, 3.05) is 0 Å². The maximum absolute atomic E-state index is 12.4. The van der Waals surface area contributed by atoms with Gasteiger partial charge in [0.2, 0.25) is 0 Å². The molecule has 0 amide bonds. The van der Waals surface area contributed by atoms with Crippen LogP contribution in [0.3, 0.4) is 0 Å². The highest BCUT2D eigenvalue weighted by Crippen LogP contribution is 2.33. The molecule has 2 aromatic heterocycles. The van der Waals surface area contributed by atoms with Crippen LogP contribution < -0.4 is 0 Å². The predicted molar refractivity (Wildman–Crippen MR) is 142 cm³/mol. The van der Waals surface area contributed by atoms with E-state index in [1.54, 1.807) is 0 Å². The summed E-state index contributed by atoms with van der Waals surface area (Å²) in [4.78, 5) is 14.8. The minimum atomic E-state index is -0.503. The van der Waals surface area contributed by atoms with E-state index in [0.717, 1.165) is 46.7 Å². The minimum absolute atomic E-state index is 0. The monoisotopic (exact) mass is 487 g/mol. The van der Waals surface area contributed by atoms with Crippen molar-refractivity contribution < 1.29 is 15.0 Å².